The van der Waals surface area contributed by atoms with Gasteiger partial charge < -0.3 is 16.2 Å². The van der Waals surface area contributed by atoms with Crippen LogP contribution in [-0.2, 0) is 9.59 Å². The van der Waals surface area contributed by atoms with E-state index in [0.717, 1.165) is 44.9 Å². The van der Waals surface area contributed by atoms with Crippen molar-refractivity contribution < 1.29 is 14.7 Å². The lowest BCUT2D eigenvalue weighted by atomic mass is 10.1. The molecule has 4 N–H and O–H groups in total. The van der Waals surface area contributed by atoms with Crippen molar-refractivity contribution in [3.63, 3.8) is 0 Å². The van der Waals surface area contributed by atoms with Gasteiger partial charge in [0, 0.05) is 6.42 Å². The van der Waals surface area contributed by atoms with Crippen LogP contribution in [0.5, 0.6) is 0 Å². The Kier molecular flexibility index (Phi) is 16.5. The van der Waals surface area contributed by atoms with E-state index in [2.05, 4.69) is 24.4 Å². The molecule has 0 saturated carbocycles. The maximum atomic E-state index is 11.8. The third-order valence-corrected chi connectivity index (χ3v) is 4.25. The first-order valence-corrected chi connectivity index (χ1v) is 9.99. The molecule has 5 heteroatoms. The molecule has 0 spiro atoms. The molecule has 1 unspecified atom stereocenters. The van der Waals surface area contributed by atoms with Gasteiger partial charge in [0.1, 0.15) is 6.04 Å². The molecule has 25 heavy (non-hydrogen) atoms. The van der Waals surface area contributed by atoms with Gasteiger partial charge in [0.25, 0.3) is 0 Å². The summed E-state index contributed by atoms with van der Waals surface area (Å²) in [6.45, 7) is 2.77. The molecule has 0 aliphatic carbocycles. The number of nitrogens with one attached hydrogen (secondary N) is 1. The van der Waals surface area contributed by atoms with Crippen LogP contribution in [0.3, 0.4) is 0 Å². The molecule has 146 valence electrons. The van der Waals surface area contributed by atoms with Gasteiger partial charge in [0.2, 0.25) is 5.91 Å². The van der Waals surface area contributed by atoms with E-state index >= 15 is 0 Å². The number of carbonyl (C=O) groups is 2. The molecule has 0 aromatic rings. The van der Waals surface area contributed by atoms with Crippen molar-refractivity contribution in [2.24, 2.45) is 5.73 Å². The highest BCUT2D eigenvalue weighted by Crippen LogP contribution is 2.08. The van der Waals surface area contributed by atoms with Gasteiger partial charge in [-0.05, 0) is 57.9 Å². The van der Waals surface area contributed by atoms with Gasteiger partial charge in [0.05, 0.1) is 0 Å². The molecule has 0 rings (SSSR count). The van der Waals surface area contributed by atoms with Crippen LogP contribution in [0.1, 0.15) is 90.4 Å². The van der Waals surface area contributed by atoms with Gasteiger partial charge in [-0.2, -0.15) is 0 Å². The summed E-state index contributed by atoms with van der Waals surface area (Å²) in [4.78, 5) is 23.0. The number of hydrogen-bond donors (Lipinski definition) is 3. The topological polar surface area (TPSA) is 92.4 Å². The van der Waals surface area contributed by atoms with E-state index in [-0.39, 0.29) is 5.91 Å². The Morgan fingerprint density at radius 1 is 0.960 bits per heavy atom. The van der Waals surface area contributed by atoms with Gasteiger partial charge in [-0.3, -0.25) is 4.79 Å². The van der Waals surface area contributed by atoms with Crippen molar-refractivity contribution in [1.29, 1.82) is 0 Å². The second-order valence-electron chi connectivity index (χ2n) is 6.66. The molecule has 0 radical (unpaired) electrons. The maximum Gasteiger partial charge on any atom is 0.326 e. The molecule has 0 fully saturated rings. The van der Waals surface area contributed by atoms with Crippen LogP contribution in [0.4, 0.5) is 0 Å². The number of carboxylic acids is 1. The highest BCUT2D eigenvalue weighted by molar-refractivity contribution is 5.83. The first-order valence-electron chi connectivity index (χ1n) is 9.99. The lowest BCUT2D eigenvalue weighted by Crippen LogP contribution is -2.40. The Balaban J connectivity index is 3.63. The summed E-state index contributed by atoms with van der Waals surface area (Å²) in [6, 6.07) is -0.781. The highest BCUT2D eigenvalue weighted by Gasteiger charge is 2.18. The standard InChI is InChI=1S/C20H38N2O3/c1-2-3-4-5-6-7-8-9-10-11-12-16-19(23)22-18(20(24)25)15-13-14-17-21/h6-7,18H,2-5,8-17,21H2,1H3,(H,22,23)(H,24,25). The number of aliphatic carboxylic acids is 1. The predicted molar refractivity (Wildman–Crippen MR) is 103 cm³/mol. The average Bonchev–Trinajstić information content (AvgIpc) is 2.58. The van der Waals surface area contributed by atoms with E-state index < -0.39 is 12.0 Å². The third-order valence-electron chi connectivity index (χ3n) is 4.25. The van der Waals surface area contributed by atoms with Crippen LogP contribution in [0.2, 0.25) is 0 Å². The summed E-state index contributed by atoms with van der Waals surface area (Å²) >= 11 is 0. The summed E-state index contributed by atoms with van der Waals surface area (Å²) in [7, 11) is 0. The first kappa shape index (κ1) is 23.6. The molecule has 0 heterocycles. The van der Waals surface area contributed by atoms with Crippen molar-refractivity contribution in [2.75, 3.05) is 6.54 Å². The fourth-order valence-corrected chi connectivity index (χ4v) is 2.67. The van der Waals surface area contributed by atoms with E-state index in [1.807, 2.05) is 0 Å². The molecule has 5 nitrogen and oxygen atoms in total. The van der Waals surface area contributed by atoms with Crippen molar-refractivity contribution in [2.45, 2.75) is 96.4 Å². The summed E-state index contributed by atoms with van der Waals surface area (Å²) < 4.78 is 0. The molecule has 0 saturated heterocycles. The van der Waals surface area contributed by atoms with Crippen LogP contribution < -0.4 is 11.1 Å². The summed E-state index contributed by atoms with van der Waals surface area (Å²) in [5.41, 5.74) is 5.40. The smallest absolute Gasteiger partial charge is 0.326 e. The van der Waals surface area contributed by atoms with Crippen molar-refractivity contribution in [3.05, 3.63) is 12.2 Å². The first-order chi connectivity index (χ1) is 12.1. The van der Waals surface area contributed by atoms with E-state index in [4.69, 9.17) is 10.8 Å². The molecular formula is C20H38N2O3. The van der Waals surface area contributed by atoms with Crippen LogP contribution in [-0.4, -0.2) is 29.6 Å². The minimum absolute atomic E-state index is 0.157. The van der Waals surface area contributed by atoms with E-state index in [1.54, 1.807) is 0 Å². The van der Waals surface area contributed by atoms with Crippen LogP contribution in [0, 0.1) is 0 Å². The number of hydrogen-bond acceptors (Lipinski definition) is 3. The molecule has 1 atom stereocenters. The van der Waals surface area contributed by atoms with Crippen LogP contribution in [0.25, 0.3) is 0 Å². The minimum Gasteiger partial charge on any atom is -0.480 e. The molecule has 0 aliphatic rings. The van der Waals surface area contributed by atoms with Crippen molar-refractivity contribution >= 4 is 11.9 Å². The van der Waals surface area contributed by atoms with Gasteiger partial charge in [-0.1, -0.05) is 44.8 Å². The number of rotatable bonds is 17. The normalized spacial score (nSPS) is 12.4. The number of carbonyl (C=O) groups excluding carboxylic acids is 1. The number of unbranched alkanes of at least 4 members (excludes halogenated alkanes) is 8. The average molecular weight is 355 g/mol. The number of amides is 1. The zero-order valence-electron chi connectivity index (χ0n) is 16.0. The number of carboxylic acid groups (broad SMARTS) is 1. The minimum atomic E-state index is -0.962. The summed E-state index contributed by atoms with van der Waals surface area (Å²) in [5, 5.41) is 11.7. The quantitative estimate of drug-likeness (QED) is 0.270. The van der Waals surface area contributed by atoms with Gasteiger partial charge in [0.15, 0.2) is 0 Å². The molecule has 0 aromatic heterocycles. The maximum absolute atomic E-state index is 11.8. The Bertz CT molecular complexity index is 370. The van der Waals surface area contributed by atoms with Crippen molar-refractivity contribution in [1.82, 2.24) is 5.32 Å². The van der Waals surface area contributed by atoms with E-state index in [1.165, 1.54) is 25.7 Å². The van der Waals surface area contributed by atoms with E-state index in [0.29, 0.717) is 19.4 Å². The monoisotopic (exact) mass is 354 g/mol. The zero-order valence-corrected chi connectivity index (χ0v) is 16.0. The fraction of sp³-hybridized carbons (Fsp3) is 0.800. The van der Waals surface area contributed by atoms with Gasteiger partial charge in [-0.15, -0.1) is 0 Å². The molecule has 0 aliphatic heterocycles. The summed E-state index contributed by atoms with van der Waals surface area (Å²) in [6.07, 6.45) is 17.2. The Hall–Kier alpha value is -1.36. The lowest BCUT2D eigenvalue weighted by Gasteiger charge is -2.14. The third kappa shape index (κ3) is 15.9. The van der Waals surface area contributed by atoms with E-state index in [9.17, 15) is 9.59 Å². The zero-order chi connectivity index (χ0) is 18.8. The Labute approximate surface area is 153 Å². The largest absolute Gasteiger partial charge is 0.480 e. The number of nitrogens with two attached hydrogens (primary N) is 1. The second kappa shape index (κ2) is 17.5. The van der Waals surface area contributed by atoms with Crippen molar-refractivity contribution in [3.8, 4) is 0 Å². The molecule has 0 aromatic carbocycles. The SMILES string of the molecule is CCCCCC=CCCCCCCC(=O)NC(CCCCN)C(=O)O. The second-order valence-corrected chi connectivity index (χ2v) is 6.66. The van der Waals surface area contributed by atoms with Crippen LogP contribution in [0.15, 0.2) is 12.2 Å². The number of allylic oxidation sites excluding steroid dienone is 2. The lowest BCUT2D eigenvalue weighted by molar-refractivity contribution is -0.142. The van der Waals surface area contributed by atoms with Gasteiger partial charge >= 0.3 is 5.97 Å². The molecule has 1 amide bonds. The van der Waals surface area contributed by atoms with Gasteiger partial charge in [-0.25, -0.2) is 4.79 Å². The Morgan fingerprint density at radius 2 is 1.60 bits per heavy atom. The molecule has 0 bridgehead atoms. The highest BCUT2D eigenvalue weighted by atomic mass is 16.4. The summed E-state index contributed by atoms with van der Waals surface area (Å²) in [5.74, 6) is -1.12. The van der Waals surface area contributed by atoms with Crippen LogP contribution >= 0.6 is 0 Å². The predicted octanol–water partition coefficient (Wildman–Crippen LogP) is 4.16. The fourth-order valence-electron chi connectivity index (χ4n) is 2.67. The Morgan fingerprint density at radius 3 is 2.20 bits per heavy atom. The molecular weight excluding hydrogens is 316 g/mol.